The maximum absolute atomic E-state index is 12.8. The maximum Gasteiger partial charge on any atom is 0.277 e. The van der Waals surface area contributed by atoms with Crippen LogP contribution in [-0.4, -0.2) is 67.4 Å². The molecule has 29 heavy (non-hydrogen) atoms. The number of rotatable bonds is 8. The lowest BCUT2D eigenvalue weighted by Crippen LogP contribution is -2.40. The van der Waals surface area contributed by atoms with Crippen LogP contribution in [0.25, 0.3) is 11.5 Å². The molecule has 1 saturated heterocycles. The highest BCUT2D eigenvalue weighted by molar-refractivity contribution is 7.99. The van der Waals surface area contributed by atoms with Gasteiger partial charge in [-0.1, -0.05) is 31.7 Å². The van der Waals surface area contributed by atoms with Gasteiger partial charge in [-0.05, 0) is 24.1 Å². The maximum atomic E-state index is 12.8. The average molecular weight is 441 g/mol. The zero-order chi connectivity index (χ0) is 20.9. The van der Waals surface area contributed by atoms with E-state index in [9.17, 15) is 13.2 Å². The number of nitrogens with one attached hydrogen (secondary N) is 1. The van der Waals surface area contributed by atoms with E-state index in [-0.39, 0.29) is 27.7 Å². The van der Waals surface area contributed by atoms with Crippen molar-refractivity contribution >= 4 is 27.7 Å². The molecule has 1 aliphatic rings. The molecule has 0 spiro atoms. The number of amides is 1. The molecule has 9 nitrogen and oxygen atoms in total. The van der Waals surface area contributed by atoms with Crippen molar-refractivity contribution in [1.82, 2.24) is 19.8 Å². The van der Waals surface area contributed by atoms with Crippen molar-refractivity contribution in [3.8, 4) is 11.5 Å². The van der Waals surface area contributed by atoms with Gasteiger partial charge in [0.1, 0.15) is 0 Å². The number of hydrogen-bond donors (Lipinski definition) is 1. The van der Waals surface area contributed by atoms with Crippen LogP contribution in [0.15, 0.2) is 38.8 Å². The Hall–Kier alpha value is -1.95. The molecular weight excluding hydrogens is 416 g/mol. The molecule has 0 saturated carbocycles. The van der Waals surface area contributed by atoms with Crippen LogP contribution in [0.2, 0.25) is 0 Å². The number of benzene rings is 1. The number of thioether (sulfide) groups is 1. The molecule has 1 amide bonds. The summed E-state index contributed by atoms with van der Waals surface area (Å²) in [6.07, 6.45) is 0. The molecule has 11 heteroatoms. The normalized spacial score (nSPS) is 15.6. The molecule has 0 atom stereocenters. The third-order valence-corrected chi connectivity index (χ3v) is 6.84. The van der Waals surface area contributed by atoms with Gasteiger partial charge in [0.2, 0.25) is 21.8 Å². The Labute approximate surface area is 174 Å². The van der Waals surface area contributed by atoms with Gasteiger partial charge in [-0.2, -0.15) is 4.31 Å². The molecule has 3 rings (SSSR count). The number of nitrogens with zero attached hydrogens (tertiary/aromatic N) is 3. The van der Waals surface area contributed by atoms with Crippen molar-refractivity contribution in [2.24, 2.45) is 5.92 Å². The van der Waals surface area contributed by atoms with Crippen LogP contribution in [-0.2, 0) is 19.6 Å². The summed E-state index contributed by atoms with van der Waals surface area (Å²) in [4.78, 5) is 12.0. The molecule has 0 aliphatic carbocycles. The summed E-state index contributed by atoms with van der Waals surface area (Å²) < 4.78 is 37.9. The fourth-order valence-corrected chi connectivity index (χ4v) is 4.65. The lowest BCUT2D eigenvalue weighted by atomic mass is 10.2. The predicted octanol–water partition coefficient (Wildman–Crippen LogP) is 1.62. The lowest BCUT2D eigenvalue weighted by molar-refractivity contribution is -0.118. The minimum Gasteiger partial charge on any atom is -0.411 e. The van der Waals surface area contributed by atoms with E-state index in [1.54, 1.807) is 18.2 Å². The summed E-state index contributed by atoms with van der Waals surface area (Å²) in [6.45, 7) is 6.07. The Bertz CT molecular complexity index is 939. The smallest absolute Gasteiger partial charge is 0.277 e. The quantitative estimate of drug-likeness (QED) is 0.616. The molecule has 2 aromatic rings. The van der Waals surface area contributed by atoms with Crippen LogP contribution >= 0.6 is 11.8 Å². The first kappa shape index (κ1) is 21.8. The van der Waals surface area contributed by atoms with Crippen LogP contribution < -0.4 is 5.32 Å². The number of hydrogen-bond acceptors (Lipinski definition) is 8. The number of morpholine rings is 1. The minimum atomic E-state index is -3.62. The molecule has 1 aromatic heterocycles. The van der Waals surface area contributed by atoms with Gasteiger partial charge in [0.15, 0.2) is 0 Å². The van der Waals surface area contributed by atoms with Crippen LogP contribution in [0.5, 0.6) is 0 Å². The van der Waals surface area contributed by atoms with Crippen molar-refractivity contribution < 1.29 is 22.4 Å². The fraction of sp³-hybridized carbons (Fsp3) is 0.500. The van der Waals surface area contributed by atoms with Crippen molar-refractivity contribution in [3.05, 3.63) is 24.3 Å². The molecule has 2 heterocycles. The van der Waals surface area contributed by atoms with E-state index >= 15 is 0 Å². The first-order valence-electron chi connectivity index (χ1n) is 9.27. The van der Waals surface area contributed by atoms with Crippen molar-refractivity contribution in [2.75, 3.05) is 38.6 Å². The van der Waals surface area contributed by atoms with Gasteiger partial charge in [-0.25, -0.2) is 8.42 Å². The van der Waals surface area contributed by atoms with E-state index in [4.69, 9.17) is 9.15 Å². The molecule has 0 bridgehead atoms. The van der Waals surface area contributed by atoms with E-state index < -0.39 is 10.0 Å². The lowest BCUT2D eigenvalue weighted by Gasteiger charge is -2.26. The Morgan fingerprint density at radius 2 is 2.03 bits per heavy atom. The van der Waals surface area contributed by atoms with Crippen LogP contribution in [0, 0.1) is 5.92 Å². The fourth-order valence-electron chi connectivity index (χ4n) is 2.61. The number of sulfonamides is 1. The average Bonchev–Trinajstić information content (AvgIpc) is 3.20. The molecule has 1 aromatic carbocycles. The molecule has 0 unspecified atom stereocenters. The van der Waals surface area contributed by atoms with Gasteiger partial charge in [-0.3, -0.25) is 4.79 Å². The number of ether oxygens (including phenoxy) is 1. The zero-order valence-electron chi connectivity index (χ0n) is 16.3. The molecule has 1 aliphatic heterocycles. The second-order valence-corrected chi connectivity index (χ2v) is 9.77. The van der Waals surface area contributed by atoms with E-state index in [0.717, 1.165) is 11.8 Å². The summed E-state index contributed by atoms with van der Waals surface area (Å²) in [5, 5.41) is 11.0. The highest BCUT2D eigenvalue weighted by Gasteiger charge is 2.27. The van der Waals surface area contributed by atoms with Crippen LogP contribution in [0.4, 0.5) is 0 Å². The van der Waals surface area contributed by atoms with Gasteiger partial charge >= 0.3 is 0 Å². The Morgan fingerprint density at radius 1 is 1.28 bits per heavy atom. The summed E-state index contributed by atoms with van der Waals surface area (Å²) in [7, 11) is -3.62. The monoisotopic (exact) mass is 440 g/mol. The SMILES string of the molecule is CC(C)CNC(=O)CSc1nnc(-c2cccc(S(=O)(=O)N3CCOCC3)c2)o1. The van der Waals surface area contributed by atoms with E-state index in [1.807, 2.05) is 13.8 Å². The highest BCUT2D eigenvalue weighted by Crippen LogP contribution is 2.26. The van der Waals surface area contributed by atoms with Gasteiger partial charge in [0.25, 0.3) is 5.22 Å². The van der Waals surface area contributed by atoms with Gasteiger partial charge in [0.05, 0.1) is 23.9 Å². The number of carbonyl (C=O) groups is 1. The summed E-state index contributed by atoms with van der Waals surface area (Å²) in [6, 6.07) is 6.40. The van der Waals surface area contributed by atoms with E-state index in [0.29, 0.717) is 44.3 Å². The zero-order valence-corrected chi connectivity index (χ0v) is 18.0. The van der Waals surface area contributed by atoms with Crippen LogP contribution in [0.3, 0.4) is 0 Å². The third kappa shape index (κ3) is 5.78. The predicted molar refractivity (Wildman–Crippen MR) is 108 cm³/mol. The van der Waals surface area contributed by atoms with Crippen LogP contribution in [0.1, 0.15) is 13.8 Å². The highest BCUT2D eigenvalue weighted by atomic mass is 32.2. The molecule has 1 fully saturated rings. The second-order valence-electron chi connectivity index (χ2n) is 6.90. The number of aromatic nitrogens is 2. The molecule has 0 radical (unpaired) electrons. The largest absolute Gasteiger partial charge is 0.411 e. The standard InChI is InChI=1S/C18H24N4O5S2/c1-13(2)11-19-16(23)12-28-18-21-20-17(27-18)14-4-3-5-15(10-14)29(24,25)22-6-8-26-9-7-22/h3-5,10,13H,6-9,11-12H2,1-2H3,(H,19,23). The Balaban J connectivity index is 1.67. The first-order chi connectivity index (χ1) is 13.9. The number of carbonyl (C=O) groups excluding carboxylic acids is 1. The summed E-state index contributed by atoms with van der Waals surface area (Å²) in [5.74, 6) is 0.635. The van der Waals surface area contributed by atoms with E-state index in [2.05, 4.69) is 15.5 Å². The van der Waals surface area contributed by atoms with Gasteiger partial charge < -0.3 is 14.5 Å². The molecule has 158 valence electrons. The van der Waals surface area contributed by atoms with Gasteiger partial charge in [0, 0.05) is 25.2 Å². The Morgan fingerprint density at radius 3 is 2.76 bits per heavy atom. The Kier molecular flexibility index (Phi) is 7.28. The third-order valence-electron chi connectivity index (χ3n) is 4.13. The van der Waals surface area contributed by atoms with E-state index in [1.165, 1.54) is 10.4 Å². The van der Waals surface area contributed by atoms with Crippen molar-refractivity contribution in [3.63, 3.8) is 0 Å². The molecule has 1 N–H and O–H groups in total. The van der Waals surface area contributed by atoms with Gasteiger partial charge in [-0.15, -0.1) is 10.2 Å². The van der Waals surface area contributed by atoms with Crippen molar-refractivity contribution in [2.45, 2.75) is 24.0 Å². The van der Waals surface area contributed by atoms with Crippen molar-refractivity contribution in [1.29, 1.82) is 0 Å². The minimum absolute atomic E-state index is 0.109. The first-order valence-corrected chi connectivity index (χ1v) is 11.7. The second kappa shape index (κ2) is 9.70. The summed E-state index contributed by atoms with van der Waals surface area (Å²) >= 11 is 1.14. The summed E-state index contributed by atoms with van der Waals surface area (Å²) in [5.41, 5.74) is 0.503. The molecular formula is C18H24N4O5S2. The topological polar surface area (TPSA) is 115 Å².